The summed E-state index contributed by atoms with van der Waals surface area (Å²) < 4.78 is 0. The highest BCUT2D eigenvalue weighted by Gasteiger charge is 2.50. The molecule has 0 aromatic heterocycles. The first-order chi connectivity index (χ1) is 13.7. The molecule has 3 aliphatic rings. The zero-order chi connectivity index (χ0) is 21.1. The van der Waals surface area contributed by atoms with E-state index >= 15 is 0 Å². The summed E-state index contributed by atoms with van der Waals surface area (Å²) in [6, 6.07) is -0.749. The van der Waals surface area contributed by atoms with Crippen molar-refractivity contribution in [1.29, 1.82) is 0 Å². The number of aliphatic hydroxyl groups is 2. The fraction of sp³-hybridized carbons (Fsp3) is 0.913. The van der Waals surface area contributed by atoms with E-state index < -0.39 is 16.6 Å². The van der Waals surface area contributed by atoms with Crippen molar-refractivity contribution < 1.29 is 19.8 Å². The van der Waals surface area contributed by atoms with Crippen molar-refractivity contribution in [2.75, 3.05) is 0 Å². The number of carbonyl (C=O) groups is 2. The zero-order valence-electron chi connectivity index (χ0n) is 18.3. The van der Waals surface area contributed by atoms with Crippen molar-refractivity contribution in [3.8, 4) is 0 Å². The number of amides is 2. The number of hydrogen-bond donors (Lipinski definition) is 4. The molecule has 2 amide bonds. The van der Waals surface area contributed by atoms with Crippen LogP contribution in [-0.2, 0) is 9.59 Å². The molecule has 3 saturated carbocycles. The molecule has 6 nitrogen and oxygen atoms in total. The van der Waals surface area contributed by atoms with Gasteiger partial charge >= 0.3 is 0 Å². The second-order valence-electron chi connectivity index (χ2n) is 10.0. The predicted molar refractivity (Wildman–Crippen MR) is 112 cm³/mol. The number of rotatable bonds is 6. The van der Waals surface area contributed by atoms with Crippen molar-refractivity contribution in [3.63, 3.8) is 0 Å². The van der Waals surface area contributed by atoms with Crippen LogP contribution in [0.3, 0.4) is 0 Å². The SMILES string of the molecule is C[C@@H](NC(=O)C1(C(=O)N[C@H](C)C2(O)CCCCC2)CCCC1)C1(O)CCCCC1. The molecule has 3 aliphatic carbocycles. The summed E-state index contributed by atoms with van der Waals surface area (Å²) in [5.41, 5.74) is -2.85. The van der Waals surface area contributed by atoms with E-state index in [1.54, 1.807) is 0 Å². The highest BCUT2D eigenvalue weighted by molar-refractivity contribution is 6.05. The van der Waals surface area contributed by atoms with E-state index in [0.29, 0.717) is 38.5 Å². The highest BCUT2D eigenvalue weighted by atomic mass is 16.3. The molecule has 0 aliphatic heterocycles. The lowest BCUT2D eigenvalue weighted by molar-refractivity contribution is -0.147. The topological polar surface area (TPSA) is 98.7 Å². The van der Waals surface area contributed by atoms with Gasteiger partial charge in [0.05, 0.1) is 23.3 Å². The van der Waals surface area contributed by atoms with Gasteiger partial charge in [-0.25, -0.2) is 0 Å². The lowest BCUT2D eigenvalue weighted by Gasteiger charge is -2.41. The van der Waals surface area contributed by atoms with E-state index in [9.17, 15) is 19.8 Å². The molecular formula is C23H40N2O4. The average molecular weight is 409 g/mol. The summed E-state index contributed by atoms with van der Waals surface area (Å²) in [5, 5.41) is 27.9. The Labute approximate surface area is 175 Å². The van der Waals surface area contributed by atoms with Gasteiger partial charge in [-0.3, -0.25) is 9.59 Å². The van der Waals surface area contributed by atoms with Crippen LogP contribution in [0.2, 0.25) is 0 Å². The Morgan fingerprint density at radius 3 is 1.28 bits per heavy atom. The van der Waals surface area contributed by atoms with Gasteiger partial charge in [0, 0.05) is 0 Å². The molecule has 0 bridgehead atoms. The Bertz CT molecular complexity index is 542. The van der Waals surface area contributed by atoms with Crippen LogP contribution < -0.4 is 10.6 Å². The molecule has 0 heterocycles. The van der Waals surface area contributed by atoms with E-state index in [2.05, 4.69) is 10.6 Å². The lowest BCUT2D eigenvalue weighted by atomic mass is 9.77. The van der Waals surface area contributed by atoms with Crippen molar-refractivity contribution in [2.24, 2.45) is 5.41 Å². The molecule has 3 rings (SSSR count). The number of hydrogen-bond acceptors (Lipinski definition) is 4. The second kappa shape index (κ2) is 8.93. The third-order valence-corrected chi connectivity index (χ3v) is 8.07. The molecule has 0 aromatic carbocycles. The number of carbonyl (C=O) groups excluding carboxylic acids is 2. The van der Waals surface area contributed by atoms with Crippen LogP contribution in [0.1, 0.15) is 104 Å². The summed E-state index contributed by atoms with van der Waals surface area (Å²) >= 11 is 0. The van der Waals surface area contributed by atoms with Gasteiger partial charge in [0.1, 0.15) is 5.41 Å². The first-order valence-electron chi connectivity index (χ1n) is 11.8. The first-order valence-corrected chi connectivity index (χ1v) is 11.8. The predicted octanol–water partition coefficient (Wildman–Crippen LogP) is 2.95. The normalized spacial score (nSPS) is 27.6. The van der Waals surface area contributed by atoms with Crippen LogP contribution in [0, 0.1) is 5.41 Å². The molecule has 29 heavy (non-hydrogen) atoms. The number of nitrogens with one attached hydrogen (secondary N) is 2. The minimum Gasteiger partial charge on any atom is -0.388 e. The van der Waals surface area contributed by atoms with Crippen LogP contribution >= 0.6 is 0 Å². The van der Waals surface area contributed by atoms with Crippen molar-refractivity contribution in [1.82, 2.24) is 10.6 Å². The van der Waals surface area contributed by atoms with Gasteiger partial charge in [-0.15, -0.1) is 0 Å². The van der Waals surface area contributed by atoms with Gasteiger partial charge in [0.15, 0.2) is 0 Å². The van der Waals surface area contributed by atoms with E-state index in [4.69, 9.17) is 0 Å². The zero-order valence-corrected chi connectivity index (χ0v) is 18.3. The monoisotopic (exact) mass is 408 g/mol. The molecule has 6 heteroatoms. The Hall–Kier alpha value is -1.14. The molecule has 0 radical (unpaired) electrons. The smallest absolute Gasteiger partial charge is 0.236 e. The van der Waals surface area contributed by atoms with Gasteiger partial charge in [-0.1, -0.05) is 51.4 Å². The fourth-order valence-electron chi connectivity index (χ4n) is 5.67. The Kier molecular flexibility index (Phi) is 6.94. The average Bonchev–Trinajstić information content (AvgIpc) is 3.20. The van der Waals surface area contributed by atoms with E-state index in [0.717, 1.165) is 51.4 Å². The van der Waals surface area contributed by atoms with Gasteiger partial charge < -0.3 is 20.8 Å². The molecule has 0 spiro atoms. The Morgan fingerprint density at radius 1 is 0.621 bits per heavy atom. The minimum absolute atomic E-state index is 0.262. The van der Waals surface area contributed by atoms with Crippen LogP contribution in [0.15, 0.2) is 0 Å². The highest BCUT2D eigenvalue weighted by Crippen LogP contribution is 2.40. The lowest BCUT2D eigenvalue weighted by Crippen LogP contribution is -2.60. The van der Waals surface area contributed by atoms with Crippen LogP contribution in [-0.4, -0.2) is 45.3 Å². The van der Waals surface area contributed by atoms with E-state index in [1.807, 2.05) is 13.8 Å². The van der Waals surface area contributed by atoms with Crippen molar-refractivity contribution in [3.05, 3.63) is 0 Å². The summed E-state index contributed by atoms with van der Waals surface area (Å²) in [6.45, 7) is 3.72. The third-order valence-electron chi connectivity index (χ3n) is 8.07. The van der Waals surface area contributed by atoms with Crippen LogP contribution in [0.4, 0.5) is 0 Å². The van der Waals surface area contributed by atoms with Gasteiger partial charge in [0.2, 0.25) is 11.8 Å². The van der Waals surface area contributed by atoms with Crippen molar-refractivity contribution in [2.45, 2.75) is 127 Å². The second-order valence-corrected chi connectivity index (χ2v) is 10.0. The van der Waals surface area contributed by atoms with Crippen LogP contribution in [0.25, 0.3) is 0 Å². The quantitative estimate of drug-likeness (QED) is 0.508. The van der Waals surface area contributed by atoms with E-state index in [1.165, 1.54) is 0 Å². The summed E-state index contributed by atoms with van der Waals surface area (Å²) in [6.07, 6.45) is 11.6. The molecule has 0 aromatic rings. The molecule has 2 atom stereocenters. The maximum atomic E-state index is 13.3. The Balaban J connectivity index is 1.68. The summed E-state index contributed by atoms with van der Waals surface area (Å²) in [4.78, 5) is 26.6. The molecule has 0 saturated heterocycles. The van der Waals surface area contributed by atoms with Gasteiger partial charge in [-0.05, 0) is 52.4 Å². The van der Waals surface area contributed by atoms with Gasteiger partial charge in [0.25, 0.3) is 0 Å². The maximum absolute atomic E-state index is 13.3. The summed E-state index contributed by atoms with van der Waals surface area (Å²) in [7, 11) is 0. The molecular weight excluding hydrogens is 368 g/mol. The largest absolute Gasteiger partial charge is 0.388 e. The molecule has 0 unspecified atom stereocenters. The molecule has 166 valence electrons. The van der Waals surface area contributed by atoms with Gasteiger partial charge in [-0.2, -0.15) is 0 Å². The van der Waals surface area contributed by atoms with Crippen LogP contribution in [0.5, 0.6) is 0 Å². The van der Waals surface area contributed by atoms with E-state index in [-0.39, 0.29) is 23.9 Å². The fourth-order valence-corrected chi connectivity index (χ4v) is 5.67. The minimum atomic E-state index is -1.08. The summed E-state index contributed by atoms with van der Waals surface area (Å²) in [5.74, 6) is -0.524. The molecule has 4 N–H and O–H groups in total. The standard InChI is InChI=1S/C23H40N2O4/c1-17(22(28)13-5-3-6-14-22)24-19(26)21(11-9-10-12-21)20(27)25-18(2)23(29)15-7-4-8-16-23/h17-18,28-29H,3-16H2,1-2H3,(H,24,26)(H,25,27)/t17-,18-/m1/s1. The first kappa shape index (κ1) is 22.5. The Morgan fingerprint density at radius 2 is 0.931 bits per heavy atom. The molecule has 3 fully saturated rings. The third kappa shape index (κ3) is 4.63. The van der Waals surface area contributed by atoms with Crippen molar-refractivity contribution >= 4 is 11.8 Å². The maximum Gasteiger partial charge on any atom is 0.236 e.